The minimum absolute atomic E-state index is 0.0333. The highest BCUT2D eigenvalue weighted by Crippen LogP contribution is 2.62. The smallest absolute Gasteiger partial charge is 0.268 e. The first-order valence-corrected chi connectivity index (χ1v) is 6.87. The fourth-order valence-corrected chi connectivity index (χ4v) is 2.87. The molecule has 0 radical (unpaired) electrons. The highest BCUT2D eigenvalue weighted by Gasteiger charge is 2.65. The summed E-state index contributed by atoms with van der Waals surface area (Å²) in [5.74, 6) is -0.0333. The van der Waals surface area contributed by atoms with Gasteiger partial charge in [-0.25, -0.2) is 0 Å². The maximum Gasteiger partial charge on any atom is 0.268 e. The molecule has 0 aliphatic heterocycles. The molecule has 19 heavy (non-hydrogen) atoms. The minimum atomic E-state index is -0.0333. The zero-order valence-electron chi connectivity index (χ0n) is 12.7. The molecular formula is C15H25N3O. The average Bonchev–Trinajstić information content (AvgIpc) is 2.65. The summed E-state index contributed by atoms with van der Waals surface area (Å²) in [6.45, 7) is 12.8. The van der Waals surface area contributed by atoms with Crippen molar-refractivity contribution in [3.8, 4) is 0 Å². The molecule has 0 spiro atoms. The minimum Gasteiger partial charge on any atom is -0.397 e. The van der Waals surface area contributed by atoms with E-state index in [0.717, 1.165) is 0 Å². The summed E-state index contributed by atoms with van der Waals surface area (Å²) in [5.41, 5.74) is 7.37. The Hall–Kier alpha value is -1.45. The number of anilines is 1. The van der Waals surface area contributed by atoms with E-state index in [1.807, 2.05) is 24.6 Å². The number of rotatable bonds is 3. The predicted octanol–water partition coefficient (Wildman–Crippen LogP) is 2.82. The molecule has 0 bridgehead atoms. The van der Waals surface area contributed by atoms with Gasteiger partial charge in [-0.2, -0.15) is 0 Å². The third-order valence-corrected chi connectivity index (χ3v) is 4.95. The van der Waals surface area contributed by atoms with E-state index >= 15 is 0 Å². The maximum atomic E-state index is 12.4. The zero-order chi connectivity index (χ0) is 14.6. The first kappa shape index (κ1) is 14.0. The Bertz CT molecular complexity index is 497. The lowest BCUT2D eigenvalue weighted by molar-refractivity contribution is 0.0933. The molecule has 3 N–H and O–H groups in total. The molecular weight excluding hydrogens is 238 g/mol. The monoisotopic (exact) mass is 263 g/mol. The van der Waals surface area contributed by atoms with Gasteiger partial charge in [-0.1, -0.05) is 27.7 Å². The first-order chi connectivity index (χ1) is 8.59. The van der Waals surface area contributed by atoms with Crippen LogP contribution in [0.3, 0.4) is 0 Å². The summed E-state index contributed by atoms with van der Waals surface area (Å²) in [7, 11) is 0. The van der Waals surface area contributed by atoms with Gasteiger partial charge in [0.15, 0.2) is 0 Å². The Balaban J connectivity index is 2.19. The third kappa shape index (κ3) is 2.03. The highest BCUT2D eigenvalue weighted by atomic mass is 16.2. The van der Waals surface area contributed by atoms with Crippen molar-refractivity contribution < 1.29 is 4.79 Å². The van der Waals surface area contributed by atoms with E-state index in [1.54, 1.807) is 6.07 Å². The molecule has 1 fully saturated rings. The molecule has 0 unspecified atom stereocenters. The number of nitrogens with two attached hydrogens (primary N) is 1. The maximum absolute atomic E-state index is 12.4. The predicted molar refractivity (Wildman–Crippen MR) is 78.0 cm³/mol. The van der Waals surface area contributed by atoms with Crippen molar-refractivity contribution >= 4 is 11.6 Å². The van der Waals surface area contributed by atoms with Gasteiger partial charge in [-0.05, 0) is 30.7 Å². The van der Waals surface area contributed by atoms with Gasteiger partial charge in [0.05, 0.1) is 5.69 Å². The van der Waals surface area contributed by atoms with E-state index < -0.39 is 0 Å². The van der Waals surface area contributed by atoms with Crippen LogP contribution in [0.5, 0.6) is 0 Å². The van der Waals surface area contributed by atoms with Crippen LogP contribution in [0, 0.1) is 10.8 Å². The molecule has 1 aliphatic carbocycles. The van der Waals surface area contributed by atoms with Crippen LogP contribution in [0.1, 0.15) is 58.1 Å². The van der Waals surface area contributed by atoms with Crippen LogP contribution < -0.4 is 11.1 Å². The first-order valence-electron chi connectivity index (χ1n) is 6.87. The fraction of sp³-hybridized carbons (Fsp3) is 0.667. The van der Waals surface area contributed by atoms with Crippen molar-refractivity contribution in [2.24, 2.45) is 10.8 Å². The van der Waals surface area contributed by atoms with Crippen LogP contribution in [0.25, 0.3) is 0 Å². The van der Waals surface area contributed by atoms with E-state index in [0.29, 0.717) is 11.4 Å². The summed E-state index contributed by atoms with van der Waals surface area (Å²) < 4.78 is 1.92. The number of carbonyl (C=O) groups excluding carboxylic acids is 1. The molecule has 0 atom stereocenters. The topological polar surface area (TPSA) is 60.0 Å². The lowest BCUT2D eigenvalue weighted by Gasteiger charge is -2.13. The number of amides is 1. The highest BCUT2D eigenvalue weighted by molar-refractivity contribution is 5.94. The Morgan fingerprint density at radius 1 is 1.32 bits per heavy atom. The second-order valence-corrected chi connectivity index (χ2v) is 7.01. The van der Waals surface area contributed by atoms with Crippen molar-refractivity contribution in [1.82, 2.24) is 9.88 Å². The van der Waals surface area contributed by atoms with Crippen molar-refractivity contribution in [2.75, 3.05) is 5.73 Å². The lowest BCUT2D eigenvalue weighted by atomic mass is 10.0. The Kier molecular flexibility index (Phi) is 2.96. The Labute approximate surface area is 115 Å². The number of hydrogen-bond donors (Lipinski definition) is 2. The van der Waals surface area contributed by atoms with Crippen LogP contribution in [-0.4, -0.2) is 16.5 Å². The molecule has 1 aliphatic rings. The summed E-state index contributed by atoms with van der Waals surface area (Å²) >= 11 is 0. The number of nitrogens with one attached hydrogen (secondary N) is 1. The van der Waals surface area contributed by atoms with Crippen LogP contribution >= 0.6 is 0 Å². The Morgan fingerprint density at radius 2 is 1.84 bits per heavy atom. The van der Waals surface area contributed by atoms with Crippen molar-refractivity contribution in [3.05, 3.63) is 18.0 Å². The van der Waals surface area contributed by atoms with Gasteiger partial charge in [-0.15, -0.1) is 0 Å². The second kappa shape index (κ2) is 4.02. The number of hydrogen-bond acceptors (Lipinski definition) is 2. The molecule has 0 saturated heterocycles. The molecule has 106 valence electrons. The molecule has 0 aromatic carbocycles. The summed E-state index contributed by atoms with van der Waals surface area (Å²) in [6.07, 6.45) is 1.82. The molecule has 2 rings (SSSR count). The fourth-order valence-electron chi connectivity index (χ4n) is 2.87. The van der Waals surface area contributed by atoms with E-state index in [1.165, 1.54) is 0 Å². The molecule has 1 aromatic heterocycles. The van der Waals surface area contributed by atoms with E-state index in [2.05, 4.69) is 33.0 Å². The van der Waals surface area contributed by atoms with E-state index in [-0.39, 0.29) is 28.8 Å². The summed E-state index contributed by atoms with van der Waals surface area (Å²) in [5, 5.41) is 3.14. The standard InChI is InChI=1S/C15H25N3O/c1-9(2)18-8-10(16)7-11(18)12(19)17-13-14(3,4)15(13,5)6/h7-9,13H,16H2,1-6H3,(H,17,19). The lowest BCUT2D eigenvalue weighted by Crippen LogP contribution is -2.31. The van der Waals surface area contributed by atoms with Gasteiger partial charge in [0.1, 0.15) is 5.69 Å². The van der Waals surface area contributed by atoms with Crippen molar-refractivity contribution in [2.45, 2.75) is 53.6 Å². The van der Waals surface area contributed by atoms with E-state index in [4.69, 9.17) is 5.73 Å². The second-order valence-electron chi connectivity index (χ2n) is 7.01. The molecule has 1 aromatic rings. The SMILES string of the molecule is CC(C)n1cc(N)cc1C(=O)NC1C(C)(C)C1(C)C. The van der Waals surface area contributed by atoms with Gasteiger partial charge in [0.2, 0.25) is 0 Å². The Morgan fingerprint density at radius 3 is 2.26 bits per heavy atom. The molecule has 4 nitrogen and oxygen atoms in total. The summed E-state index contributed by atoms with van der Waals surface area (Å²) in [6, 6.07) is 2.18. The van der Waals surface area contributed by atoms with Gasteiger partial charge in [0.25, 0.3) is 5.91 Å². The molecule has 1 saturated carbocycles. The quantitative estimate of drug-likeness (QED) is 0.881. The summed E-state index contributed by atoms with van der Waals surface area (Å²) in [4.78, 5) is 12.4. The van der Waals surface area contributed by atoms with Crippen LogP contribution in [0.4, 0.5) is 5.69 Å². The number of nitrogens with zero attached hydrogens (tertiary/aromatic N) is 1. The van der Waals surface area contributed by atoms with Gasteiger partial charge < -0.3 is 15.6 Å². The van der Waals surface area contributed by atoms with Gasteiger partial charge in [-0.3, -0.25) is 4.79 Å². The normalized spacial score (nSPS) is 20.6. The molecule has 1 heterocycles. The van der Waals surface area contributed by atoms with Crippen molar-refractivity contribution in [3.63, 3.8) is 0 Å². The van der Waals surface area contributed by atoms with Crippen LogP contribution in [0.15, 0.2) is 12.3 Å². The molecule has 1 amide bonds. The molecule has 4 heteroatoms. The third-order valence-electron chi connectivity index (χ3n) is 4.95. The average molecular weight is 263 g/mol. The van der Waals surface area contributed by atoms with Gasteiger partial charge >= 0.3 is 0 Å². The van der Waals surface area contributed by atoms with Crippen molar-refractivity contribution in [1.29, 1.82) is 0 Å². The number of nitrogen functional groups attached to an aromatic ring is 1. The largest absolute Gasteiger partial charge is 0.397 e. The van der Waals surface area contributed by atoms with Gasteiger partial charge in [0, 0.05) is 18.3 Å². The van der Waals surface area contributed by atoms with Crippen LogP contribution in [-0.2, 0) is 0 Å². The zero-order valence-corrected chi connectivity index (χ0v) is 12.7. The van der Waals surface area contributed by atoms with E-state index in [9.17, 15) is 4.79 Å². The number of aromatic nitrogens is 1. The number of carbonyl (C=O) groups is 1. The van der Waals surface area contributed by atoms with Crippen LogP contribution in [0.2, 0.25) is 0 Å².